The van der Waals surface area contributed by atoms with Crippen molar-refractivity contribution in [3.8, 4) is 0 Å². The number of rotatable bonds is 1. The van der Waals surface area contributed by atoms with E-state index in [1.54, 1.807) is 6.07 Å². The van der Waals surface area contributed by atoms with Crippen molar-refractivity contribution in [3.05, 3.63) is 35.5 Å². The molecule has 72 valence electrons. The second-order valence-corrected chi connectivity index (χ2v) is 2.63. The van der Waals surface area contributed by atoms with Crippen LogP contribution in [0, 0.1) is 0 Å². The summed E-state index contributed by atoms with van der Waals surface area (Å²) < 4.78 is 0. The van der Waals surface area contributed by atoms with E-state index in [-0.39, 0.29) is 0 Å². The van der Waals surface area contributed by atoms with Gasteiger partial charge in [-0.15, -0.1) is 24.5 Å². The Hall–Kier alpha value is -1.42. The molecular formula is C9H12O3S. The third kappa shape index (κ3) is 13.6. The molecule has 1 N–H and O–H groups in total. The maximum atomic E-state index is 9.88. The molecule has 0 atom stereocenters. The van der Waals surface area contributed by atoms with Crippen molar-refractivity contribution in [2.75, 3.05) is 0 Å². The standard InChI is InChI=1S/C5H4OS.C2H4O2.C2H4/c6-4-5-2-1-3-7-5;1-2(3)4;1-2/h1-4H;1H3,(H,3,4);1-2H2. The molecule has 0 spiro atoms. The lowest BCUT2D eigenvalue weighted by Gasteiger charge is -1.66. The van der Waals surface area contributed by atoms with E-state index in [0.717, 1.165) is 18.1 Å². The Bertz CT molecular complexity index is 225. The third-order valence-electron chi connectivity index (χ3n) is 0.659. The van der Waals surface area contributed by atoms with E-state index in [1.807, 2.05) is 11.4 Å². The van der Waals surface area contributed by atoms with E-state index in [2.05, 4.69) is 13.2 Å². The first-order valence-corrected chi connectivity index (χ1v) is 4.23. The highest BCUT2D eigenvalue weighted by Crippen LogP contribution is 2.03. The van der Waals surface area contributed by atoms with E-state index >= 15 is 0 Å². The lowest BCUT2D eigenvalue weighted by molar-refractivity contribution is -0.134. The number of hydrogen-bond acceptors (Lipinski definition) is 3. The van der Waals surface area contributed by atoms with Crippen LogP contribution in [0.4, 0.5) is 0 Å². The Morgan fingerprint density at radius 2 is 2.08 bits per heavy atom. The highest BCUT2D eigenvalue weighted by atomic mass is 32.1. The number of thiophene rings is 1. The molecule has 1 aromatic rings. The molecule has 0 saturated heterocycles. The molecule has 1 rings (SSSR count). The molecule has 0 saturated carbocycles. The molecule has 1 heterocycles. The minimum Gasteiger partial charge on any atom is -0.481 e. The summed E-state index contributed by atoms with van der Waals surface area (Å²) in [6, 6.07) is 3.64. The molecule has 0 unspecified atom stereocenters. The van der Waals surface area contributed by atoms with E-state index in [4.69, 9.17) is 9.90 Å². The number of aldehydes is 1. The zero-order valence-electron chi connectivity index (χ0n) is 7.40. The summed E-state index contributed by atoms with van der Waals surface area (Å²) >= 11 is 1.45. The minimum absolute atomic E-state index is 0.792. The van der Waals surface area contributed by atoms with Crippen LogP contribution in [-0.2, 0) is 4.79 Å². The average molecular weight is 200 g/mol. The molecule has 0 aliphatic carbocycles. The Balaban J connectivity index is 0. The quantitative estimate of drug-likeness (QED) is 0.559. The molecule has 1 aromatic heterocycles. The topological polar surface area (TPSA) is 54.4 Å². The fraction of sp³-hybridized carbons (Fsp3) is 0.111. The van der Waals surface area contributed by atoms with Gasteiger partial charge >= 0.3 is 0 Å². The highest BCUT2D eigenvalue weighted by molar-refractivity contribution is 7.11. The number of hydrogen-bond donors (Lipinski definition) is 1. The maximum absolute atomic E-state index is 9.88. The van der Waals surface area contributed by atoms with Crippen LogP contribution < -0.4 is 0 Å². The van der Waals surface area contributed by atoms with Crippen LogP contribution in [0.3, 0.4) is 0 Å². The summed E-state index contributed by atoms with van der Waals surface area (Å²) in [5, 5.41) is 9.30. The molecule has 4 heteroatoms. The van der Waals surface area contributed by atoms with Crippen molar-refractivity contribution >= 4 is 23.6 Å². The minimum atomic E-state index is -0.833. The van der Waals surface area contributed by atoms with E-state index < -0.39 is 5.97 Å². The number of carbonyl (C=O) groups is 2. The SMILES string of the molecule is C=C.CC(=O)O.O=Cc1cccs1. The predicted octanol–water partition coefficient (Wildman–Crippen LogP) is 2.45. The van der Waals surface area contributed by atoms with Crippen LogP contribution in [0.15, 0.2) is 30.7 Å². The summed E-state index contributed by atoms with van der Waals surface area (Å²) in [6.45, 7) is 7.08. The van der Waals surface area contributed by atoms with Gasteiger partial charge in [0, 0.05) is 6.92 Å². The molecule has 0 aromatic carbocycles. The maximum Gasteiger partial charge on any atom is 0.300 e. The van der Waals surface area contributed by atoms with Gasteiger partial charge in [-0.3, -0.25) is 9.59 Å². The summed E-state index contributed by atoms with van der Waals surface area (Å²) in [4.78, 5) is 19.7. The van der Waals surface area contributed by atoms with Crippen molar-refractivity contribution in [2.45, 2.75) is 6.92 Å². The van der Waals surface area contributed by atoms with Gasteiger partial charge in [0.15, 0.2) is 6.29 Å². The Kier molecular flexibility index (Phi) is 11.5. The Labute approximate surface area is 81.3 Å². The fourth-order valence-corrected chi connectivity index (χ4v) is 0.885. The molecule has 0 aliphatic heterocycles. The van der Waals surface area contributed by atoms with Crippen molar-refractivity contribution in [1.29, 1.82) is 0 Å². The number of carboxylic acid groups (broad SMARTS) is 1. The van der Waals surface area contributed by atoms with Gasteiger partial charge < -0.3 is 5.11 Å². The summed E-state index contributed by atoms with van der Waals surface area (Å²) in [5.74, 6) is -0.833. The number of carboxylic acids is 1. The largest absolute Gasteiger partial charge is 0.481 e. The molecule has 0 radical (unpaired) electrons. The van der Waals surface area contributed by atoms with Crippen molar-refractivity contribution in [3.63, 3.8) is 0 Å². The van der Waals surface area contributed by atoms with Crippen LogP contribution in [-0.4, -0.2) is 17.4 Å². The lowest BCUT2D eigenvalue weighted by atomic mass is 10.5. The smallest absolute Gasteiger partial charge is 0.300 e. The predicted molar refractivity (Wildman–Crippen MR) is 54.3 cm³/mol. The Morgan fingerprint density at radius 3 is 2.23 bits per heavy atom. The zero-order chi connectivity index (χ0) is 10.7. The van der Waals surface area contributed by atoms with Gasteiger partial charge in [-0.25, -0.2) is 0 Å². The first-order valence-electron chi connectivity index (χ1n) is 3.35. The second kappa shape index (κ2) is 10.6. The summed E-state index contributed by atoms with van der Waals surface area (Å²) in [6.07, 6.45) is 0.852. The fourth-order valence-electron chi connectivity index (χ4n) is 0.358. The molecule has 0 amide bonds. The first kappa shape index (κ1) is 14.1. The average Bonchev–Trinajstić information content (AvgIpc) is 2.58. The van der Waals surface area contributed by atoms with Crippen LogP contribution in [0.5, 0.6) is 0 Å². The van der Waals surface area contributed by atoms with E-state index in [1.165, 1.54) is 11.3 Å². The van der Waals surface area contributed by atoms with Gasteiger partial charge in [-0.05, 0) is 11.4 Å². The van der Waals surface area contributed by atoms with Gasteiger partial charge in [0.25, 0.3) is 5.97 Å². The van der Waals surface area contributed by atoms with Crippen LogP contribution in [0.1, 0.15) is 16.6 Å². The van der Waals surface area contributed by atoms with Gasteiger partial charge in [-0.2, -0.15) is 0 Å². The summed E-state index contributed by atoms with van der Waals surface area (Å²) in [5.41, 5.74) is 0. The van der Waals surface area contributed by atoms with Crippen molar-refractivity contribution in [2.24, 2.45) is 0 Å². The van der Waals surface area contributed by atoms with Crippen molar-refractivity contribution < 1.29 is 14.7 Å². The molecule has 0 fully saturated rings. The number of aliphatic carboxylic acids is 1. The first-order chi connectivity index (χ1) is 6.16. The molecule has 13 heavy (non-hydrogen) atoms. The van der Waals surface area contributed by atoms with Gasteiger partial charge in [0.1, 0.15) is 0 Å². The molecular weight excluding hydrogens is 188 g/mol. The van der Waals surface area contributed by atoms with Crippen molar-refractivity contribution in [1.82, 2.24) is 0 Å². The van der Waals surface area contributed by atoms with E-state index in [9.17, 15) is 4.79 Å². The monoisotopic (exact) mass is 200 g/mol. The molecule has 3 nitrogen and oxygen atoms in total. The Morgan fingerprint density at radius 1 is 1.62 bits per heavy atom. The van der Waals surface area contributed by atoms with E-state index in [0.29, 0.717) is 0 Å². The molecule has 0 aliphatic rings. The zero-order valence-corrected chi connectivity index (χ0v) is 8.21. The van der Waals surface area contributed by atoms with Gasteiger partial charge in [0.05, 0.1) is 4.88 Å². The van der Waals surface area contributed by atoms with Gasteiger partial charge in [-0.1, -0.05) is 6.07 Å². The third-order valence-corrected chi connectivity index (χ3v) is 1.46. The van der Waals surface area contributed by atoms with Crippen LogP contribution >= 0.6 is 11.3 Å². The normalized spacial score (nSPS) is 6.85. The second-order valence-electron chi connectivity index (χ2n) is 1.65. The molecule has 0 bridgehead atoms. The van der Waals surface area contributed by atoms with Crippen LogP contribution in [0.25, 0.3) is 0 Å². The lowest BCUT2D eigenvalue weighted by Crippen LogP contribution is -1.78. The number of carbonyl (C=O) groups excluding carboxylic acids is 1. The van der Waals surface area contributed by atoms with Gasteiger partial charge in [0.2, 0.25) is 0 Å². The summed E-state index contributed by atoms with van der Waals surface area (Å²) in [7, 11) is 0. The highest BCUT2D eigenvalue weighted by Gasteiger charge is 1.82. The van der Waals surface area contributed by atoms with Crippen LogP contribution in [0.2, 0.25) is 0 Å².